The molecule has 0 N–H and O–H groups in total. The van der Waals surface area contributed by atoms with Crippen LogP contribution < -0.4 is 0 Å². The Morgan fingerprint density at radius 3 is 2.21 bits per heavy atom. The van der Waals surface area contributed by atoms with Crippen LogP contribution in [-0.2, 0) is 9.05 Å². The summed E-state index contributed by atoms with van der Waals surface area (Å²) in [5.74, 6) is 0.0960. The molecule has 0 aromatic heterocycles. The van der Waals surface area contributed by atoms with Crippen LogP contribution >= 0.6 is 10.7 Å². The number of hydrogen-bond acceptors (Lipinski definition) is 2. The highest BCUT2D eigenvalue weighted by Crippen LogP contribution is 2.42. The first kappa shape index (κ1) is 9.99. The van der Waals surface area contributed by atoms with Gasteiger partial charge in [0, 0.05) is 16.6 Å². The highest BCUT2D eigenvalue weighted by Gasteiger charge is 2.40. The van der Waals surface area contributed by atoms with Gasteiger partial charge in [0.1, 0.15) is 0 Å². The second kappa shape index (κ2) is 3.55. The van der Waals surface area contributed by atoms with Crippen molar-refractivity contribution in [1.29, 1.82) is 0 Å². The van der Waals surface area contributed by atoms with Crippen LogP contribution in [0.3, 0.4) is 0 Å². The maximum Gasteiger partial charge on any atom is 0.236 e. The van der Waals surface area contributed by atoms with E-state index >= 15 is 0 Å². The summed E-state index contributed by atoms with van der Waals surface area (Å²) in [7, 11) is 1.96. The molecule has 1 fully saturated rings. The van der Waals surface area contributed by atoms with Crippen LogP contribution in [0.25, 0.3) is 0 Å². The van der Waals surface area contributed by atoms with Crippen LogP contribution in [0.4, 0.5) is 0 Å². The van der Waals surface area contributed by atoms with Gasteiger partial charge in [0.2, 0.25) is 9.05 Å². The predicted molar refractivity (Wildman–Crippen MR) is 57.0 cm³/mol. The Hall–Kier alpha value is -0.540. The van der Waals surface area contributed by atoms with E-state index in [0.717, 1.165) is 12.0 Å². The molecule has 0 heterocycles. The first-order chi connectivity index (χ1) is 6.59. The van der Waals surface area contributed by atoms with Crippen LogP contribution in [0.2, 0.25) is 0 Å². The molecule has 1 saturated carbocycles. The molecule has 0 spiro atoms. The van der Waals surface area contributed by atoms with Crippen molar-refractivity contribution in [3.8, 4) is 0 Å². The smallest absolute Gasteiger partial charge is 0.212 e. The molecule has 1 aliphatic rings. The van der Waals surface area contributed by atoms with Crippen molar-refractivity contribution in [3.63, 3.8) is 0 Å². The average Bonchev–Trinajstić information content (AvgIpc) is 2.00. The minimum atomic E-state index is -3.39. The van der Waals surface area contributed by atoms with Gasteiger partial charge in [-0.25, -0.2) is 8.42 Å². The van der Waals surface area contributed by atoms with Gasteiger partial charge in [-0.05, 0) is 18.4 Å². The van der Waals surface area contributed by atoms with E-state index in [1.54, 1.807) is 0 Å². The SMILES string of the molecule is O=S(=O)(Cl)[C@@H]1CC[C@H]1c1ccccc1. The number of halogens is 1. The van der Waals surface area contributed by atoms with E-state index in [2.05, 4.69) is 0 Å². The Labute approximate surface area is 88.3 Å². The van der Waals surface area contributed by atoms with Crippen LogP contribution in [0.1, 0.15) is 24.3 Å². The molecule has 1 aromatic rings. The van der Waals surface area contributed by atoms with E-state index in [4.69, 9.17) is 10.7 Å². The average molecular weight is 231 g/mol. The topological polar surface area (TPSA) is 34.1 Å². The van der Waals surface area contributed by atoms with Crippen LogP contribution in [0.5, 0.6) is 0 Å². The highest BCUT2D eigenvalue weighted by molar-refractivity contribution is 8.14. The lowest BCUT2D eigenvalue weighted by Crippen LogP contribution is -2.34. The first-order valence-electron chi connectivity index (χ1n) is 4.57. The zero-order valence-electron chi connectivity index (χ0n) is 7.56. The maximum absolute atomic E-state index is 11.2. The quantitative estimate of drug-likeness (QED) is 0.732. The van der Waals surface area contributed by atoms with E-state index in [-0.39, 0.29) is 11.2 Å². The molecule has 2 atom stereocenters. The van der Waals surface area contributed by atoms with Gasteiger partial charge < -0.3 is 0 Å². The Morgan fingerprint density at radius 1 is 1.14 bits per heavy atom. The molecule has 76 valence electrons. The lowest BCUT2D eigenvalue weighted by molar-refractivity contribution is 0.415. The van der Waals surface area contributed by atoms with Gasteiger partial charge in [0.25, 0.3) is 0 Å². The van der Waals surface area contributed by atoms with Crippen molar-refractivity contribution >= 4 is 19.7 Å². The molecule has 2 rings (SSSR count). The summed E-state index contributed by atoms with van der Waals surface area (Å²) in [6.45, 7) is 0. The summed E-state index contributed by atoms with van der Waals surface area (Å²) in [5, 5.41) is -0.383. The summed E-state index contributed by atoms with van der Waals surface area (Å²) >= 11 is 0. The fourth-order valence-corrected chi connectivity index (χ4v) is 3.63. The molecule has 1 aliphatic carbocycles. The van der Waals surface area contributed by atoms with E-state index < -0.39 is 9.05 Å². The molecular formula is C10H11ClO2S. The van der Waals surface area contributed by atoms with E-state index in [1.807, 2.05) is 30.3 Å². The van der Waals surface area contributed by atoms with Crippen LogP contribution in [-0.4, -0.2) is 13.7 Å². The summed E-state index contributed by atoms with van der Waals surface area (Å²) in [6, 6.07) is 9.68. The predicted octanol–water partition coefficient (Wildman–Crippen LogP) is 2.50. The van der Waals surface area contributed by atoms with E-state index in [9.17, 15) is 8.42 Å². The van der Waals surface area contributed by atoms with Crippen molar-refractivity contribution in [2.24, 2.45) is 0 Å². The van der Waals surface area contributed by atoms with Gasteiger partial charge in [-0.1, -0.05) is 30.3 Å². The summed E-state index contributed by atoms with van der Waals surface area (Å²) in [5.41, 5.74) is 1.08. The van der Waals surface area contributed by atoms with Crippen molar-refractivity contribution in [2.45, 2.75) is 24.0 Å². The van der Waals surface area contributed by atoms with Gasteiger partial charge in [-0.15, -0.1) is 0 Å². The third-order valence-corrected chi connectivity index (χ3v) is 4.77. The standard InChI is InChI=1S/C10H11ClO2S/c11-14(12,13)10-7-6-9(10)8-4-2-1-3-5-8/h1-5,9-10H,6-7H2/t9-,10+/m0/s1. The molecular weight excluding hydrogens is 220 g/mol. The van der Waals surface area contributed by atoms with Crippen LogP contribution in [0, 0.1) is 0 Å². The zero-order chi connectivity index (χ0) is 10.2. The minimum Gasteiger partial charge on any atom is -0.212 e. The zero-order valence-corrected chi connectivity index (χ0v) is 9.13. The number of rotatable bonds is 2. The molecule has 0 saturated heterocycles. The second-order valence-electron chi connectivity index (χ2n) is 3.61. The Kier molecular flexibility index (Phi) is 2.54. The lowest BCUT2D eigenvalue weighted by atomic mass is 9.79. The van der Waals surface area contributed by atoms with Crippen molar-refractivity contribution in [2.75, 3.05) is 0 Å². The summed E-state index contributed by atoms with van der Waals surface area (Å²) in [6.07, 6.45) is 1.60. The molecule has 0 amide bonds. The lowest BCUT2D eigenvalue weighted by Gasteiger charge is -2.34. The maximum atomic E-state index is 11.2. The largest absolute Gasteiger partial charge is 0.236 e. The summed E-state index contributed by atoms with van der Waals surface area (Å²) in [4.78, 5) is 0. The highest BCUT2D eigenvalue weighted by atomic mass is 35.7. The van der Waals surface area contributed by atoms with Gasteiger partial charge in [-0.3, -0.25) is 0 Å². The van der Waals surface area contributed by atoms with Gasteiger partial charge >= 0.3 is 0 Å². The molecule has 1 aromatic carbocycles. The number of benzene rings is 1. The first-order valence-corrected chi connectivity index (χ1v) is 6.95. The molecule has 0 aliphatic heterocycles. The van der Waals surface area contributed by atoms with E-state index in [0.29, 0.717) is 6.42 Å². The van der Waals surface area contributed by atoms with Gasteiger partial charge in [0.05, 0.1) is 5.25 Å². The normalized spacial score (nSPS) is 26.9. The third-order valence-electron chi connectivity index (χ3n) is 2.80. The molecule has 0 unspecified atom stereocenters. The Balaban J connectivity index is 2.23. The van der Waals surface area contributed by atoms with Crippen molar-refractivity contribution in [3.05, 3.63) is 35.9 Å². The molecule has 0 radical (unpaired) electrons. The van der Waals surface area contributed by atoms with Gasteiger partial charge in [-0.2, -0.15) is 0 Å². The molecule has 2 nitrogen and oxygen atoms in total. The second-order valence-corrected chi connectivity index (χ2v) is 6.46. The Bertz CT molecular complexity index is 413. The van der Waals surface area contributed by atoms with Crippen molar-refractivity contribution in [1.82, 2.24) is 0 Å². The van der Waals surface area contributed by atoms with E-state index in [1.165, 1.54) is 0 Å². The Morgan fingerprint density at radius 2 is 1.79 bits per heavy atom. The molecule has 14 heavy (non-hydrogen) atoms. The van der Waals surface area contributed by atoms with Gasteiger partial charge in [0.15, 0.2) is 0 Å². The fourth-order valence-electron chi connectivity index (χ4n) is 1.89. The fraction of sp³-hybridized carbons (Fsp3) is 0.400. The third kappa shape index (κ3) is 1.79. The number of hydrogen-bond donors (Lipinski definition) is 0. The van der Waals surface area contributed by atoms with Crippen LogP contribution in [0.15, 0.2) is 30.3 Å². The van der Waals surface area contributed by atoms with Crippen molar-refractivity contribution < 1.29 is 8.42 Å². The molecule has 0 bridgehead atoms. The minimum absolute atomic E-state index is 0.0960. The monoisotopic (exact) mass is 230 g/mol. The molecule has 4 heteroatoms. The summed E-state index contributed by atoms with van der Waals surface area (Å²) < 4.78 is 22.3.